The topological polar surface area (TPSA) is 72.1 Å². The number of carbonyl (C=O) groups excluding carboxylic acids is 1. The molecule has 0 atom stereocenters. The largest absolute Gasteiger partial charge is 0.454 e. The van der Waals surface area contributed by atoms with Gasteiger partial charge in [-0.05, 0) is 51.5 Å². The predicted octanol–water partition coefficient (Wildman–Crippen LogP) is 3.26. The average Bonchev–Trinajstić information content (AvgIpc) is 2.94. The molecule has 0 unspecified atom stereocenters. The van der Waals surface area contributed by atoms with Crippen molar-refractivity contribution in [3.05, 3.63) is 18.2 Å². The number of ether oxygens (including phenoxy) is 3. The van der Waals surface area contributed by atoms with Crippen LogP contribution >= 0.6 is 12.2 Å². The summed E-state index contributed by atoms with van der Waals surface area (Å²) in [4.78, 5) is 12.2. The van der Waals surface area contributed by atoms with Gasteiger partial charge < -0.3 is 19.5 Å². The Kier molecular flexibility index (Phi) is 5.71. The zero-order valence-corrected chi connectivity index (χ0v) is 15.2. The molecule has 8 heteroatoms. The molecule has 132 valence electrons. The minimum atomic E-state index is -0.578. The van der Waals surface area contributed by atoms with Gasteiger partial charge in [0.15, 0.2) is 16.6 Å². The lowest BCUT2D eigenvalue weighted by molar-refractivity contribution is 0.0195. The first kappa shape index (κ1) is 18.1. The highest BCUT2D eigenvalue weighted by Crippen LogP contribution is 2.38. The normalized spacial score (nSPS) is 12.5. The van der Waals surface area contributed by atoms with Crippen LogP contribution in [-0.2, 0) is 4.74 Å². The first-order valence-corrected chi connectivity index (χ1v) is 8.17. The number of carbonyl (C=O) groups is 1. The van der Waals surface area contributed by atoms with Gasteiger partial charge in [0.1, 0.15) is 5.60 Å². The number of rotatable bonds is 3. The van der Waals surface area contributed by atoms with Crippen molar-refractivity contribution in [1.82, 2.24) is 10.4 Å². The standard InChI is InChI=1S/C16H23N3O4S/c1-5-9-19(15(20)23-16(2,3)4)18-14(24)17-11-7-6-8-12-13(11)22-10-21-12/h6-8H,5,9-10H2,1-4H3,(H2,17,18,24). The molecular weight excluding hydrogens is 330 g/mol. The highest BCUT2D eigenvalue weighted by atomic mass is 32.1. The van der Waals surface area contributed by atoms with E-state index in [9.17, 15) is 4.79 Å². The van der Waals surface area contributed by atoms with Crippen molar-refractivity contribution >= 4 is 29.1 Å². The Morgan fingerprint density at radius 2 is 2.12 bits per heavy atom. The number of nitrogens with zero attached hydrogens (tertiary/aromatic N) is 1. The summed E-state index contributed by atoms with van der Waals surface area (Å²) in [5.41, 5.74) is 2.95. The van der Waals surface area contributed by atoms with Crippen molar-refractivity contribution in [2.75, 3.05) is 18.7 Å². The monoisotopic (exact) mass is 353 g/mol. The van der Waals surface area contributed by atoms with E-state index >= 15 is 0 Å². The number of benzene rings is 1. The number of hydrazine groups is 1. The summed E-state index contributed by atoms with van der Waals surface area (Å²) in [6.45, 7) is 8.05. The molecule has 1 amide bonds. The Hall–Kier alpha value is -2.22. The molecule has 1 heterocycles. The van der Waals surface area contributed by atoms with Gasteiger partial charge in [-0.25, -0.2) is 9.80 Å². The molecule has 0 saturated heterocycles. The maximum atomic E-state index is 12.2. The molecule has 0 fully saturated rings. The maximum Gasteiger partial charge on any atom is 0.429 e. The third-order valence-electron chi connectivity index (χ3n) is 2.94. The number of nitrogens with one attached hydrogen (secondary N) is 2. The summed E-state index contributed by atoms with van der Waals surface area (Å²) < 4.78 is 16.1. The van der Waals surface area contributed by atoms with E-state index in [-0.39, 0.29) is 11.9 Å². The summed E-state index contributed by atoms with van der Waals surface area (Å²) in [5.74, 6) is 1.25. The molecule has 0 radical (unpaired) electrons. The van der Waals surface area contributed by atoms with Crippen LogP contribution in [0, 0.1) is 0 Å². The molecule has 7 nitrogen and oxygen atoms in total. The fraction of sp³-hybridized carbons (Fsp3) is 0.500. The molecule has 1 aromatic rings. The Morgan fingerprint density at radius 1 is 1.38 bits per heavy atom. The van der Waals surface area contributed by atoms with Crippen LogP contribution in [0.5, 0.6) is 11.5 Å². The molecule has 0 aromatic heterocycles. The van der Waals surface area contributed by atoms with Gasteiger partial charge in [0.25, 0.3) is 0 Å². The summed E-state index contributed by atoms with van der Waals surface area (Å²) >= 11 is 5.29. The van der Waals surface area contributed by atoms with Crippen LogP contribution in [0.1, 0.15) is 34.1 Å². The van der Waals surface area contributed by atoms with E-state index < -0.39 is 11.7 Å². The average molecular weight is 353 g/mol. The minimum Gasteiger partial charge on any atom is -0.454 e. The molecule has 0 bridgehead atoms. The third-order valence-corrected chi connectivity index (χ3v) is 3.14. The van der Waals surface area contributed by atoms with Gasteiger partial charge in [-0.2, -0.15) is 0 Å². The van der Waals surface area contributed by atoms with E-state index in [1.165, 1.54) is 5.01 Å². The SMILES string of the molecule is CCCN(NC(=S)Nc1cccc2c1OCO2)C(=O)OC(C)(C)C. The van der Waals surface area contributed by atoms with Crippen LogP contribution < -0.4 is 20.2 Å². The summed E-state index contributed by atoms with van der Waals surface area (Å²) in [6.07, 6.45) is 0.276. The van der Waals surface area contributed by atoms with E-state index in [4.69, 9.17) is 26.4 Å². The van der Waals surface area contributed by atoms with E-state index in [1.807, 2.05) is 45.9 Å². The minimum absolute atomic E-state index is 0.175. The fourth-order valence-corrected chi connectivity index (χ4v) is 2.26. The van der Waals surface area contributed by atoms with Gasteiger partial charge in [-0.3, -0.25) is 5.43 Å². The van der Waals surface area contributed by atoms with E-state index in [0.717, 1.165) is 6.42 Å². The van der Waals surface area contributed by atoms with Crippen LogP contribution in [-0.4, -0.2) is 35.2 Å². The molecule has 24 heavy (non-hydrogen) atoms. The van der Waals surface area contributed by atoms with Crippen molar-refractivity contribution in [2.45, 2.75) is 39.7 Å². The van der Waals surface area contributed by atoms with Gasteiger partial charge >= 0.3 is 6.09 Å². The van der Waals surface area contributed by atoms with Crippen LogP contribution in [0.2, 0.25) is 0 Å². The van der Waals surface area contributed by atoms with E-state index in [0.29, 0.717) is 23.7 Å². The molecule has 0 saturated carbocycles. The van der Waals surface area contributed by atoms with Crippen molar-refractivity contribution < 1.29 is 19.0 Å². The van der Waals surface area contributed by atoms with E-state index in [2.05, 4.69) is 10.7 Å². The van der Waals surface area contributed by atoms with Crippen molar-refractivity contribution in [3.63, 3.8) is 0 Å². The number of hydrogen-bond donors (Lipinski definition) is 2. The van der Waals surface area contributed by atoms with Crippen LogP contribution in [0.25, 0.3) is 0 Å². The lowest BCUT2D eigenvalue weighted by atomic mass is 10.2. The third kappa shape index (κ3) is 4.89. The summed E-state index contributed by atoms with van der Waals surface area (Å²) in [7, 11) is 0. The van der Waals surface area contributed by atoms with Crippen molar-refractivity contribution in [3.8, 4) is 11.5 Å². The predicted molar refractivity (Wildman–Crippen MR) is 95.2 cm³/mol. The highest BCUT2D eigenvalue weighted by Gasteiger charge is 2.23. The Bertz CT molecular complexity index is 616. The quantitative estimate of drug-likeness (QED) is 0.638. The zero-order valence-electron chi connectivity index (χ0n) is 14.3. The van der Waals surface area contributed by atoms with Gasteiger partial charge in [0.2, 0.25) is 6.79 Å². The molecule has 1 aliphatic rings. The molecule has 0 aliphatic carbocycles. The summed E-state index contributed by atoms with van der Waals surface area (Å²) in [6, 6.07) is 5.46. The molecule has 2 rings (SSSR count). The van der Waals surface area contributed by atoms with Gasteiger partial charge in [0, 0.05) is 6.54 Å². The summed E-state index contributed by atoms with van der Waals surface area (Å²) in [5, 5.41) is 4.63. The van der Waals surface area contributed by atoms with Crippen LogP contribution in [0.3, 0.4) is 0 Å². The Balaban J connectivity index is 2.01. The van der Waals surface area contributed by atoms with Gasteiger partial charge in [-0.15, -0.1) is 0 Å². The number of thiocarbonyl (C=S) groups is 1. The number of anilines is 1. The fourth-order valence-electron chi connectivity index (χ4n) is 2.03. The van der Waals surface area contributed by atoms with Crippen LogP contribution in [0.15, 0.2) is 18.2 Å². The van der Waals surface area contributed by atoms with E-state index in [1.54, 1.807) is 0 Å². The first-order chi connectivity index (χ1) is 11.3. The second-order valence-electron chi connectivity index (χ2n) is 6.24. The first-order valence-electron chi connectivity index (χ1n) is 7.77. The maximum absolute atomic E-state index is 12.2. The molecule has 1 aromatic carbocycles. The highest BCUT2D eigenvalue weighted by molar-refractivity contribution is 7.80. The molecular formula is C16H23N3O4S. The van der Waals surface area contributed by atoms with Gasteiger partial charge in [-0.1, -0.05) is 13.0 Å². The number of para-hydroxylation sites is 1. The smallest absolute Gasteiger partial charge is 0.429 e. The van der Waals surface area contributed by atoms with Crippen molar-refractivity contribution in [2.24, 2.45) is 0 Å². The number of fused-ring (bicyclic) bond motifs is 1. The Morgan fingerprint density at radius 3 is 2.79 bits per heavy atom. The number of hydrogen-bond acceptors (Lipinski definition) is 5. The molecule has 1 aliphatic heterocycles. The lowest BCUT2D eigenvalue weighted by Crippen LogP contribution is -2.49. The van der Waals surface area contributed by atoms with Crippen molar-refractivity contribution in [1.29, 1.82) is 0 Å². The zero-order chi connectivity index (χ0) is 17.7. The Labute approximate surface area is 147 Å². The number of amides is 1. The second kappa shape index (κ2) is 7.57. The lowest BCUT2D eigenvalue weighted by Gasteiger charge is -2.28. The van der Waals surface area contributed by atoms with Crippen LogP contribution in [0.4, 0.5) is 10.5 Å². The molecule has 2 N–H and O–H groups in total. The second-order valence-corrected chi connectivity index (χ2v) is 6.65. The van der Waals surface area contributed by atoms with Gasteiger partial charge in [0.05, 0.1) is 5.69 Å². The molecule has 0 spiro atoms.